The summed E-state index contributed by atoms with van der Waals surface area (Å²) in [6, 6.07) is 0. The van der Waals surface area contributed by atoms with Crippen molar-refractivity contribution in [1.82, 2.24) is 0 Å². The monoisotopic (exact) mass is 184 g/mol. The van der Waals surface area contributed by atoms with Gasteiger partial charge in [0.2, 0.25) is 0 Å². The van der Waals surface area contributed by atoms with Crippen molar-refractivity contribution in [2.75, 3.05) is 0 Å². The Labute approximate surface area is 64.0 Å². The van der Waals surface area contributed by atoms with Gasteiger partial charge in [-0.15, -0.1) is 0 Å². The fourth-order valence-electron chi connectivity index (χ4n) is 0. The summed E-state index contributed by atoms with van der Waals surface area (Å²) in [7, 11) is -2.13. The predicted octanol–water partition coefficient (Wildman–Crippen LogP) is -0.105. The van der Waals surface area contributed by atoms with E-state index >= 15 is 0 Å². The van der Waals surface area contributed by atoms with E-state index in [-0.39, 0.29) is 40.1 Å². The zero-order valence-corrected chi connectivity index (χ0v) is 7.52. The molecule has 0 aromatic heterocycles. The zero-order chi connectivity index (χ0) is 3.58. The second-order valence-electron chi connectivity index (χ2n) is 0.416. The van der Waals surface area contributed by atoms with Crippen LogP contribution in [0.1, 0.15) is 0 Å². The van der Waals surface area contributed by atoms with Gasteiger partial charge >= 0.3 is 0 Å². The second-order valence-corrected chi connectivity index (χ2v) is 1.25. The summed E-state index contributed by atoms with van der Waals surface area (Å²) < 4.78 is 0. The first-order valence-electron chi connectivity index (χ1n) is 0.801. The molecule has 0 unspecified atom stereocenters. The predicted molar refractivity (Wildman–Crippen MR) is 26.3 cm³/mol. The summed E-state index contributed by atoms with van der Waals surface area (Å²) in [4.78, 5) is 15.2. The molecule has 0 aromatic carbocycles. The first kappa shape index (κ1) is 15.7. The van der Waals surface area contributed by atoms with E-state index in [1.807, 2.05) is 0 Å². The molecule has 0 amide bonds. The first-order valence-corrected chi connectivity index (χ1v) is 2.40. The van der Waals surface area contributed by atoms with E-state index in [1.165, 1.54) is 0 Å². The normalized spacial score (nSPS) is 5.83. The number of rotatable bonds is 0. The average molecular weight is 184 g/mol. The Hall–Kier alpha value is 1.32. The number of hydrogen-bond acceptors (Lipinski definition) is 2. The van der Waals surface area contributed by atoms with E-state index in [1.54, 1.807) is 0 Å². The molecule has 37 valence electrons. The van der Waals surface area contributed by atoms with Crippen LogP contribution in [0.4, 0.5) is 0 Å². The molecular formula is C2H8O2PY-. The van der Waals surface area contributed by atoms with E-state index in [2.05, 4.69) is 6.30 Å². The maximum absolute atomic E-state index is 7.60. The van der Waals surface area contributed by atoms with Crippen LogP contribution < -0.4 is 0 Å². The van der Waals surface area contributed by atoms with E-state index in [0.717, 1.165) is 0 Å². The van der Waals surface area contributed by atoms with Crippen molar-refractivity contribution in [1.29, 1.82) is 0 Å². The van der Waals surface area contributed by atoms with Gasteiger partial charge in [0.05, 0.1) is 8.00 Å². The smallest absolute Gasteiger partial charge is 0.0986 e. The Kier molecular flexibility index (Phi) is 25.0. The van der Waals surface area contributed by atoms with Crippen LogP contribution in [-0.4, -0.2) is 16.1 Å². The van der Waals surface area contributed by atoms with E-state index < -0.39 is 8.00 Å². The van der Waals surface area contributed by atoms with Crippen LogP contribution in [0.15, 0.2) is 0 Å². The summed E-state index contributed by atoms with van der Waals surface area (Å²) in [6.07, 6.45) is 2.85. The number of hydrogen-bond donors (Lipinski definition) is 2. The quantitative estimate of drug-likeness (QED) is 0.407. The minimum Gasteiger partial charge on any atom is -0.358 e. The molecule has 2 nitrogen and oxygen atoms in total. The molecule has 0 rings (SSSR count). The van der Waals surface area contributed by atoms with Gasteiger partial charge in [-0.3, -0.25) is 0 Å². The van der Waals surface area contributed by atoms with Crippen LogP contribution in [0, 0.1) is 7.43 Å². The van der Waals surface area contributed by atoms with Crippen LogP contribution in [-0.2, 0) is 32.7 Å². The largest absolute Gasteiger partial charge is 0.358 e. The van der Waals surface area contributed by atoms with Crippen molar-refractivity contribution >= 4 is 14.3 Å². The fourth-order valence-corrected chi connectivity index (χ4v) is 0. The summed E-state index contributed by atoms with van der Waals surface area (Å²) >= 11 is 0. The van der Waals surface area contributed by atoms with Gasteiger partial charge in [0, 0.05) is 32.7 Å². The molecule has 2 N–H and O–H groups in total. The SMILES string of the molecule is C=[PH](O)O.[CH3-].[Y]. The van der Waals surface area contributed by atoms with E-state index in [4.69, 9.17) is 9.79 Å². The van der Waals surface area contributed by atoms with Gasteiger partial charge < -0.3 is 17.2 Å². The Morgan fingerprint density at radius 3 is 1.33 bits per heavy atom. The van der Waals surface area contributed by atoms with Gasteiger partial charge in [0.25, 0.3) is 0 Å². The second kappa shape index (κ2) is 9.59. The summed E-state index contributed by atoms with van der Waals surface area (Å²) in [5.74, 6) is 0. The Morgan fingerprint density at radius 1 is 1.33 bits per heavy atom. The van der Waals surface area contributed by atoms with Gasteiger partial charge in [-0.25, -0.2) is 0 Å². The Bertz CT molecular complexity index is 34.5. The van der Waals surface area contributed by atoms with Crippen LogP contribution in [0.2, 0.25) is 0 Å². The van der Waals surface area contributed by atoms with Crippen molar-refractivity contribution in [2.45, 2.75) is 0 Å². The van der Waals surface area contributed by atoms with Gasteiger partial charge in [0.1, 0.15) is 0 Å². The van der Waals surface area contributed by atoms with Crippen molar-refractivity contribution in [3.05, 3.63) is 7.43 Å². The van der Waals surface area contributed by atoms with Crippen LogP contribution in [0.5, 0.6) is 0 Å². The maximum Gasteiger partial charge on any atom is 0.0986 e. The summed E-state index contributed by atoms with van der Waals surface area (Å²) in [5, 5.41) is 0. The third kappa shape index (κ3) is 56.8. The van der Waals surface area contributed by atoms with Gasteiger partial charge in [-0.1, -0.05) is 6.30 Å². The zero-order valence-electron chi connectivity index (χ0n) is 3.68. The third-order valence-electron chi connectivity index (χ3n) is 0. The Morgan fingerprint density at radius 2 is 1.33 bits per heavy atom. The summed E-state index contributed by atoms with van der Waals surface area (Å²) in [6.45, 7) is 0. The topological polar surface area (TPSA) is 40.5 Å². The minimum absolute atomic E-state index is 0. The van der Waals surface area contributed by atoms with Gasteiger partial charge in [0.15, 0.2) is 0 Å². The van der Waals surface area contributed by atoms with E-state index in [9.17, 15) is 0 Å². The molecule has 4 heteroatoms. The van der Waals surface area contributed by atoms with Crippen molar-refractivity contribution in [3.63, 3.8) is 0 Å². The van der Waals surface area contributed by atoms with Crippen molar-refractivity contribution < 1.29 is 42.5 Å². The third-order valence-corrected chi connectivity index (χ3v) is 0. The molecule has 0 saturated heterocycles. The van der Waals surface area contributed by atoms with Crippen LogP contribution in [0.25, 0.3) is 0 Å². The molecule has 0 heterocycles. The molecular weight excluding hydrogens is 176 g/mol. The molecule has 0 saturated carbocycles. The summed E-state index contributed by atoms with van der Waals surface area (Å²) in [5.41, 5.74) is 0. The van der Waals surface area contributed by atoms with Gasteiger partial charge in [-0.2, -0.15) is 0 Å². The molecule has 0 bridgehead atoms. The molecule has 0 aromatic rings. The molecule has 0 aliphatic heterocycles. The maximum atomic E-state index is 7.60. The minimum atomic E-state index is -2.13. The molecule has 0 spiro atoms. The van der Waals surface area contributed by atoms with Crippen molar-refractivity contribution in [2.24, 2.45) is 0 Å². The molecule has 1 radical (unpaired) electrons. The molecule has 0 aliphatic carbocycles. The fraction of sp³-hybridized carbons (Fsp3) is 0. The standard InChI is InChI=1S/CH5O2P.CH3.Y/c1-4(2)3;;/h2-4H,1H2;1H3;/q;-1;. The molecule has 0 fully saturated rings. The molecule has 0 atom stereocenters. The van der Waals surface area contributed by atoms with E-state index in [0.29, 0.717) is 0 Å². The van der Waals surface area contributed by atoms with Crippen LogP contribution in [0.3, 0.4) is 0 Å². The first-order chi connectivity index (χ1) is 1.73. The Balaban J connectivity index is -0.0000000450. The molecule has 0 aliphatic rings. The van der Waals surface area contributed by atoms with Crippen LogP contribution >= 0.6 is 8.00 Å². The van der Waals surface area contributed by atoms with Gasteiger partial charge in [-0.05, 0) is 0 Å². The average Bonchev–Trinajstić information content (AvgIpc) is 0.811. The van der Waals surface area contributed by atoms with Crippen molar-refractivity contribution in [3.8, 4) is 0 Å². The molecule has 6 heavy (non-hydrogen) atoms.